The highest BCUT2D eigenvalue weighted by Gasteiger charge is 2.06. The first-order valence-corrected chi connectivity index (χ1v) is 7.40. The Kier molecular flexibility index (Phi) is 4.10. The molecular weight excluding hydrogens is 304 g/mol. The number of thiazole rings is 1. The van der Waals surface area contributed by atoms with E-state index >= 15 is 0 Å². The molecule has 0 saturated heterocycles. The van der Waals surface area contributed by atoms with Crippen LogP contribution in [0.25, 0.3) is 10.6 Å². The normalized spacial score (nSPS) is 10.2. The smallest absolute Gasteiger partial charge is 0.0933 e. The molecule has 0 unspecified atom stereocenters. The van der Waals surface area contributed by atoms with Crippen molar-refractivity contribution in [1.29, 1.82) is 5.26 Å². The predicted molar refractivity (Wildman–Crippen MR) is 71.7 cm³/mol. The predicted octanol–water partition coefficient (Wildman–Crippen LogP) is 4.48. The second kappa shape index (κ2) is 5.58. The Bertz CT molecular complexity index is 510. The van der Waals surface area contributed by atoms with Gasteiger partial charge in [-0.05, 0) is 28.4 Å². The third-order valence-corrected chi connectivity index (χ3v) is 4.67. The first kappa shape index (κ1) is 11.8. The first-order chi connectivity index (χ1) is 7.79. The number of thiophene rings is 1. The molecule has 0 aliphatic heterocycles. The minimum atomic E-state index is 0.611. The number of halogens is 1. The summed E-state index contributed by atoms with van der Waals surface area (Å²) in [5, 5.41) is 13.7. The number of aromatic nitrogens is 1. The van der Waals surface area contributed by atoms with E-state index < -0.39 is 0 Å². The molecular formula is C11H9BrN2S2. The number of hydrogen-bond acceptors (Lipinski definition) is 4. The van der Waals surface area contributed by atoms with Gasteiger partial charge in [-0.2, -0.15) is 5.26 Å². The van der Waals surface area contributed by atoms with Gasteiger partial charge in [0, 0.05) is 28.1 Å². The van der Waals surface area contributed by atoms with Crippen molar-refractivity contribution in [1.82, 2.24) is 4.98 Å². The van der Waals surface area contributed by atoms with Gasteiger partial charge in [-0.15, -0.1) is 22.7 Å². The summed E-state index contributed by atoms with van der Waals surface area (Å²) in [6, 6.07) is 4.23. The highest BCUT2D eigenvalue weighted by atomic mass is 79.9. The maximum Gasteiger partial charge on any atom is 0.0933 e. The summed E-state index contributed by atoms with van der Waals surface area (Å²) >= 11 is 6.80. The molecule has 2 aromatic heterocycles. The molecule has 0 spiro atoms. The zero-order valence-corrected chi connectivity index (χ0v) is 11.7. The molecule has 16 heavy (non-hydrogen) atoms. The summed E-state index contributed by atoms with van der Waals surface area (Å²) in [6.07, 6.45) is 2.42. The molecule has 2 rings (SSSR count). The Balaban J connectivity index is 2.05. The quantitative estimate of drug-likeness (QED) is 0.780. The average molecular weight is 313 g/mol. The van der Waals surface area contributed by atoms with E-state index in [0.717, 1.165) is 28.0 Å². The van der Waals surface area contributed by atoms with Crippen molar-refractivity contribution < 1.29 is 0 Å². The lowest BCUT2D eigenvalue weighted by Gasteiger charge is -1.90. The van der Waals surface area contributed by atoms with Crippen LogP contribution in [-0.4, -0.2) is 4.98 Å². The van der Waals surface area contributed by atoms with Crippen LogP contribution in [0.5, 0.6) is 0 Å². The molecule has 0 radical (unpaired) electrons. The number of nitriles is 1. The summed E-state index contributed by atoms with van der Waals surface area (Å²) in [6.45, 7) is 0. The summed E-state index contributed by atoms with van der Waals surface area (Å²) in [5.41, 5.74) is 1.05. The zero-order valence-electron chi connectivity index (χ0n) is 8.44. The molecule has 2 heterocycles. The van der Waals surface area contributed by atoms with Crippen molar-refractivity contribution in [2.45, 2.75) is 19.3 Å². The topological polar surface area (TPSA) is 36.7 Å². The SMILES string of the molecule is N#CCCCc1nc(-c2cc(Br)cs2)cs1. The minimum absolute atomic E-state index is 0.611. The molecule has 0 aliphatic rings. The van der Waals surface area contributed by atoms with Gasteiger partial charge in [-0.3, -0.25) is 0 Å². The van der Waals surface area contributed by atoms with E-state index in [-0.39, 0.29) is 0 Å². The Morgan fingerprint density at radius 1 is 1.38 bits per heavy atom. The van der Waals surface area contributed by atoms with Crippen LogP contribution >= 0.6 is 38.6 Å². The molecule has 0 fully saturated rings. The van der Waals surface area contributed by atoms with Gasteiger partial charge in [0.05, 0.1) is 21.6 Å². The lowest BCUT2D eigenvalue weighted by Crippen LogP contribution is -1.83. The summed E-state index contributed by atoms with van der Waals surface area (Å²) < 4.78 is 1.10. The van der Waals surface area contributed by atoms with E-state index in [0.29, 0.717) is 6.42 Å². The fraction of sp³-hybridized carbons (Fsp3) is 0.273. The van der Waals surface area contributed by atoms with Crippen LogP contribution in [0.4, 0.5) is 0 Å². The number of rotatable bonds is 4. The molecule has 0 N–H and O–H groups in total. The molecule has 0 saturated carbocycles. The largest absolute Gasteiger partial charge is 0.240 e. The van der Waals surface area contributed by atoms with Gasteiger partial charge in [0.15, 0.2) is 0 Å². The number of aryl methyl sites for hydroxylation is 1. The van der Waals surface area contributed by atoms with Gasteiger partial charge < -0.3 is 0 Å². The van der Waals surface area contributed by atoms with Crippen LogP contribution in [-0.2, 0) is 6.42 Å². The summed E-state index contributed by atoms with van der Waals surface area (Å²) in [4.78, 5) is 5.75. The van der Waals surface area contributed by atoms with Gasteiger partial charge in [0.25, 0.3) is 0 Å². The Hall–Kier alpha value is -0.700. The van der Waals surface area contributed by atoms with E-state index in [1.807, 2.05) is 0 Å². The zero-order chi connectivity index (χ0) is 11.4. The third kappa shape index (κ3) is 2.91. The highest BCUT2D eigenvalue weighted by molar-refractivity contribution is 9.10. The van der Waals surface area contributed by atoms with E-state index in [1.165, 1.54) is 4.88 Å². The molecule has 2 aromatic rings. The third-order valence-electron chi connectivity index (χ3n) is 2.05. The van der Waals surface area contributed by atoms with Crippen LogP contribution in [0.15, 0.2) is 21.3 Å². The second-order valence-corrected chi connectivity index (χ2v) is 6.04. The first-order valence-electron chi connectivity index (χ1n) is 4.85. The molecule has 82 valence electrons. The van der Waals surface area contributed by atoms with E-state index in [2.05, 4.69) is 43.8 Å². The van der Waals surface area contributed by atoms with Crippen molar-refractivity contribution in [3.05, 3.63) is 26.3 Å². The lowest BCUT2D eigenvalue weighted by molar-refractivity contribution is 0.843. The fourth-order valence-corrected chi connectivity index (χ4v) is 3.61. The molecule has 0 aromatic carbocycles. The van der Waals surface area contributed by atoms with Crippen LogP contribution in [0.1, 0.15) is 17.8 Å². The maximum atomic E-state index is 8.46. The monoisotopic (exact) mass is 312 g/mol. The van der Waals surface area contributed by atoms with Crippen molar-refractivity contribution in [3.63, 3.8) is 0 Å². The van der Waals surface area contributed by atoms with Gasteiger partial charge >= 0.3 is 0 Å². The Morgan fingerprint density at radius 3 is 2.94 bits per heavy atom. The second-order valence-electron chi connectivity index (χ2n) is 3.27. The van der Waals surface area contributed by atoms with Crippen LogP contribution in [0, 0.1) is 11.3 Å². The lowest BCUT2D eigenvalue weighted by atomic mass is 10.2. The molecule has 0 aliphatic carbocycles. The van der Waals surface area contributed by atoms with Gasteiger partial charge in [0.1, 0.15) is 0 Å². The Labute approximate surface area is 111 Å². The highest BCUT2D eigenvalue weighted by Crippen LogP contribution is 2.30. The Morgan fingerprint density at radius 2 is 2.25 bits per heavy atom. The van der Waals surface area contributed by atoms with Gasteiger partial charge in [-0.25, -0.2) is 4.98 Å². The van der Waals surface area contributed by atoms with Crippen LogP contribution in [0.3, 0.4) is 0 Å². The maximum absolute atomic E-state index is 8.46. The fourth-order valence-electron chi connectivity index (χ4n) is 1.30. The van der Waals surface area contributed by atoms with Crippen molar-refractivity contribution in [2.24, 2.45) is 0 Å². The summed E-state index contributed by atoms with van der Waals surface area (Å²) in [7, 11) is 0. The number of nitrogens with zero attached hydrogens (tertiary/aromatic N) is 2. The number of unbranched alkanes of at least 4 members (excludes halogenated alkanes) is 1. The average Bonchev–Trinajstić information content (AvgIpc) is 2.87. The minimum Gasteiger partial charge on any atom is -0.240 e. The van der Waals surface area contributed by atoms with E-state index in [4.69, 9.17) is 5.26 Å². The van der Waals surface area contributed by atoms with Gasteiger partial charge in [0.2, 0.25) is 0 Å². The number of hydrogen-bond donors (Lipinski definition) is 0. The van der Waals surface area contributed by atoms with Crippen molar-refractivity contribution >= 4 is 38.6 Å². The molecule has 0 amide bonds. The molecule has 0 bridgehead atoms. The van der Waals surface area contributed by atoms with Crippen molar-refractivity contribution in [3.8, 4) is 16.6 Å². The van der Waals surface area contributed by atoms with Crippen LogP contribution in [0.2, 0.25) is 0 Å². The summed E-state index contributed by atoms with van der Waals surface area (Å²) in [5.74, 6) is 0. The van der Waals surface area contributed by atoms with Gasteiger partial charge in [-0.1, -0.05) is 0 Å². The van der Waals surface area contributed by atoms with E-state index in [1.54, 1.807) is 22.7 Å². The molecule has 0 atom stereocenters. The van der Waals surface area contributed by atoms with E-state index in [9.17, 15) is 0 Å². The van der Waals surface area contributed by atoms with Crippen molar-refractivity contribution in [2.75, 3.05) is 0 Å². The standard InChI is InChI=1S/C11H9BrN2S2/c12-8-5-10(15-6-8)9-7-16-11(14-9)3-1-2-4-13/h5-7H,1-3H2. The van der Waals surface area contributed by atoms with Crippen LogP contribution < -0.4 is 0 Å². The molecule has 5 heteroatoms. The molecule has 2 nitrogen and oxygen atoms in total.